The molecule has 5 rings (SSSR count). The van der Waals surface area contributed by atoms with E-state index in [1.165, 1.54) is 11.1 Å². The predicted octanol–water partition coefficient (Wildman–Crippen LogP) is 3.52. The number of anilines is 1. The molecule has 0 saturated heterocycles. The Hall–Kier alpha value is -3.84. The Balaban J connectivity index is 1.27. The quantitative estimate of drug-likeness (QED) is 0.531. The third kappa shape index (κ3) is 4.43. The Morgan fingerprint density at radius 1 is 0.938 bits per heavy atom. The summed E-state index contributed by atoms with van der Waals surface area (Å²) in [6.45, 7) is 2.71. The molecule has 0 fully saturated rings. The molecule has 7 nitrogen and oxygen atoms in total. The fourth-order valence-electron chi connectivity index (χ4n) is 4.05. The lowest BCUT2D eigenvalue weighted by Gasteiger charge is -2.21. The van der Waals surface area contributed by atoms with Crippen LogP contribution < -0.4 is 5.32 Å². The summed E-state index contributed by atoms with van der Waals surface area (Å²) in [5.41, 5.74) is 5.05. The zero-order valence-corrected chi connectivity index (χ0v) is 17.7. The lowest BCUT2D eigenvalue weighted by molar-refractivity contribution is 0.102. The molecule has 7 heteroatoms. The van der Waals surface area contributed by atoms with Gasteiger partial charge in [0.1, 0.15) is 11.5 Å². The summed E-state index contributed by atoms with van der Waals surface area (Å²) in [6.07, 6.45) is 10.6. The van der Waals surface area contributed by atoms with E-state index < -0.39 is 0 Å². The first-order valence-corrected chi connectivity index (χ1v) is 10.7. The summed E-state index contributed by atoms with van der Waals surface area (Å²) >= 11 is 0. The summed E-state index contributed by atoms with van der Waals surface area (Å²) in [5, 5.41) is 2.95. The maximum absolute atomic E-state index is 12.8. The number of hydrogen-bond donors (Lipinski definition) is 1. The highest BCUT2D eigenvalue weighted by atomic mass is 16.1. The standard InChI is InChI=1S/C25H24N6O/c32-25(23-8-7-22(16-28-23)31-15-12-26-18-31)29-24-21(6-3-11-27-24)17-30-13-9-19-4-1-2-5-20(19)10-14-30/h1-8,11-12,15-16,18H,9-10,13-14,17H2,(H,27,29,32). The number of nitrogens with zero attached hydrogens (tertiary/aromatic N) is 5. The van der Waals surface area contributed by atoms with Crippen molar-refractivity contribution < 1.29 is 4.79 Å². The van der Waals surface area contributed by atoms with Gasteiger partial charge in [-0.05, 0) is 42.2 Å². The van der Waals surface area contributed by atoms with Crippen molar-refractivity contribution in [3.8, 4) is 5.69 Å². The first-order chi connectivity index (χ1) is 15.8. The maximum atomic E-state index is 12.8. The third-order valence-corrected chi connectivity index (χ3v) is 5.81. The summed E-state index contributed by atoms with van der Waals surface area (Å²) in [5.74, 6) is 0.310. The van der Waals surface area contributed by atoms with Crippen molar-refractivity contribution in [2.45, 2.75) is 19.4 Å². The number of hydrogen-bond acceptors (Lipinski definition) is 5. The molecule has 0 saturated carbocycles. The van der Waals surface area contributed by atoms with Gasteiger partial charge in [0.25, 0.3) is 5.91 Å². The van der Waals surface area contributed by atoms with Crippen molar-refractivity contribution >= 4 is 11.7 Å². The van der Waals surface area contributed by atoms with Gasteiger partial charge in [-0.25, -0.2) is 15.0 Å². The van der Waals surface area contributed by atoms with Gasteiger partial charge in [0.2, 0.25) is 0 Å². The van der Waals surface area contributed by atoms with Crippen LogP contribution in [0.15, 0.2) is 79.6 Å². The molecule has 0 aliphatic carbocycles. The minimum absolute atomic E-state index is 0.273. The molecule has 1 amide bonds. The van der Waals surface area contributed by atoms with Crippen LogP contribution in [-0.2, 0) is 19.4 Å². The van der Waals surface area contributed by atoms with E-state index in [4.69, 9.17) is 0 Å². The van der Waals surface area contributed by atoms with Gasteiger partial charge in [0, 0.05) is 43.8 Å². The number of pyridine rings is 2. The number of fused-ring (bicyclic) bond motifs is 1. The van der Waals surface area contributed by atoms with Crippen LogP contribution in [0.1, 0.15) is 27.2 Å². The molecule has 3 aromatic heterocycles. The van der Waals surface area contributed by atoms with Gasteiger partial charge in [-0.3, -0.25) is 9.69 Å². The minimum Gasteiger partial charge on any atom is -0.305 e. The van der Waals surface area contributed by atoms with Gasteiger partial charge < -0.3 is 9.88 Å². The van der Waals surface area contributed by atoms with Crippen molar-refractivity contribution in [1.29, 1.82) is 0 Å². The Bertz CT molecular complexity index is 1180. The van der Waals surface area contributed by atoms with Crippen LogP contribution in [0, 0.1) is 0 Å². The second-order valence-electron chi connectivity index (χ2n) is 7.88. The van der Waals surface area contributed by atoms with E-state index in [1.807, 2.05) is 29.0 Å². The van der Waals surface area contributed by atoms with Gasteiger partial charge in [0.05, 0.1) is 18.2 Å². The van der Waals surface area contributed by atoms with Crippen LogP contribution in [0.2, 0.25) is 0 Å². The molecule has 0 atom stereocenters. The van der Waals surface area contributed by atoms with E-state index in [0.717, 1.165) is 43.7 Å². The Morgan fingerprint density at radius 3 is 2.44 bits per heavy atom. The highest BCUT2D eigenvalue weighted by Crippen LogP contribution is 2.20. The molecule has 1 N–H and O–H groups in total. The lowest BCUT2D eigenvalue weighted by atomic mass is 10.0. The molecular formula is C25H24N6O. The Labute approximate surface area is 186 Å². The van der Waals surface area contributed by atoms with Crippen LogP contribution >= 0.6 is 0 Å². The highest BCUT2D eigenvalue weighted by molar-refractivity contribution is 6.02. The number of nitrogens with one attached hydrogen (secondary N) is 1. The van der Waals surface area contributed by atoms with Crippen LogP contribution in [0.4, 0.5) is 5.82 Å². The third-order valence-electron chi connectivity index (χ3n) is 5.81. The molecule has 160 valence electrons. The number of carbonyl (C=O) groups is 1. The van der Waals surface area contributed by atoms with E-state index in [-0.39, 0.29) is 5.91 Å². The van der Waals surface area contributed by atoms with E-state index >= 15 is 0 Å². The molecule has 1 aliphatic rings. The molecule has 0 unspecified atom stereocenters. The van der Waals surface area contributed by atoms with Crippen molar-refractivity contribution in [3.05, 3.63) is 102 Å². The highest BCUT2D eigenvalue weighted by Gasteiger charge is 2.17. The predicted molar refractivity (Wildman–Crippen MR) is 123 cm³/mol. The van der Waals surface area contributed by atoms with E-state index in [0.29, 0.717) is 11.5 Å². The van der Waals surface area contributed by atoms with Crippen molar-refractivity contribution in [2.24, 2.45) is 0 Å². The first-order valence-electron chi connectivity index (χ1n) is 10.7. The molecular weight excluding hydrogens is 400 g/mol. The van der Waals surface area contributed by atoms with Gasteiger partial charge in [-0.15, -0.1) is 0 Å². The van der Waals surface area contributed by atoms with Crippen LogP contribution in [0.5, 0.6) is 0 Å². The molecule has 4 heterocycles. The van der Waals surface area contributed by atoms with Gasteiger partial charge >= 0.3 is 0 Å². The van der Waals surface area contributed by atoms with Gasteiger partial charge in [-0.1, -0.05) is 30.3 Å². The first kappa shape index (κ1) is 20.1. The monoisotopic (exact) mass is 424 g/mol. The van der Waals surface area contributed by atoms with Gasteiger partial charge in [-0.2, -0.15) is 0 Å². The number of aromatic nitrogens is 4. The maximum Gasteiger partial charge on any atom is 0.275 e. The summed E-state index contributed by atoms with van der Waals surface area (Å²) in [6, 6.07) is 16.2. The fraction of sp³-hybridized carbons (Fsp3) is 0.200. The molecule has 1 aliphatic heterocycles. The lowest BCUT2D eigenvalue weighted by Crippen LogP contribution is -2.27. The van der Waals surface area contributed by atoms with E-state index in [9.17, 15) is 4.79 Å². The van der Waals surface area contributed by atoms with E-state index in [1.54, 1.807) is 31.0 Å². The number of amides is 1. The number of benzene rings is 1. The minimum atomic E-state index is -0.273. The molecule has 1 aromatic carbocycles. The molecule has 0 bridgehead atoms. The molecule has 32 heavy (non-hydrogen) atoms. The van der Waals surface area contributed by atoms with Gasteiger partial charge in [0.15, 0.2) is 0 Å². The van der Waals surface area contributed by atoms with E-state index in [2.05, 4.69) is 49.4 Å². The summed E-state index contributed by atoms with van der Waals surface area (Å²) in [4.78, 5) is 28.0. The fourth-order valence-corrected chi connectivity index (χ4v) is 4.05. The normalized spacial score (nSPS) is 13.9. The number of rotatable bonds is 5. The smallest absolute Gasteiger partial charge is 0.275 e. The summed E-state index contributed by atoms with van der Waals surface area (Å²) in [7, 11) is 0. The molecule has 0 radical (unpaired) electrons. The Morgan fingerprint density at radius 2 is 1.75 bits per heavy atom. The topological polar surface area (TPSA) is 75.9 Å². The second kappa shape index (κ2) is 9.11. The molecule has 4 aromatic rings. The van der Waals surface area contributed by atoms with Crippen molar-refractivity contribution in [2.75, 3.05) is 18.4 Å². The van der Waals surface area contributed by atoms with Crippen LogP contribution in [0.3, 0.4) is 0 Å². The van der Waals surface area contributed by atoms with Crippen molar-refractivity contribution in [1.82, 2.24) is 24.4 Å². The van der Waals surface area contributed by atoms with Crippen LogP contribution in [-0.4, -0.2) is 43.4 Å². The summed E-state index contributed by atoms with van der Waals surface area (Å²) < 4.78 is 1.84. The SMILES string of the molecule is O=C(Nc1ncccc1CN1CCc2ccccc2CC1)c1ccc(-n2ccnc2)cn1. The van der Waals surface area contributed by atoms with Crippen LogP contribution in [0.25, 0.3) is 5.69 Å². The Kier molecular flexibility index (Phi) is 5.72. The zero-order chi connectivity index (χ0) is 21.8. The van der Waals surface area contributed by atoms with Crippen molar-refractivity contribution in [3.63, 3.8) is 0 Å². The largest absolute Gasteiger partial charge is 0.305 e. The average Bonchev–Trinajstić information content (AvgIpc) is 3.30. The average molecular weight is 425 g/mol. The zero-order valence-electron chi connectivity index (χ0n) is 17.7. The molecule has 0 spiro atoms. The number of carbonyl (C=O) groups excluding carboxylic acids is 1. The second-order valence-corrected chi connectivity index (χ2v) is 7.88. The number of imidazole rings is 1.